The molecule has 2 aromatic heterocycles. The van der Waals surface area contributed by atoms with Gasteiger partial charge in [0.05, 0.1) is 12.2 Å². The number of fused-ring (bicyclic) bond motifs is 1. The van der Waals surface area contributed by atoms with Crippen LogP contribution in [0.3, 0.4) is 0 Å². The first-order valence-corrected chi connectivity index (χ1v) is 8.37. The summed E-state index contributed by atoms with van der Waals surface area (Å²) < 4.78 is 9.97. The lowest BCUT2D eigenvalue weighted by atomic mass is 10.3. The third-order valence-corrected chi connectivity index (χ3v) is 4.18. The standard InChI is InChI=1S/C18H21N5O/c1-2-5-16(6-3-1)24-12-11-22-10-8-20-18(22)17-13-15-14-19-7-4-9-23(15)21-17/h1-3,5-6,8,10,13,19H,4,7,9,11-12,14H2. The Morgan fingerprint density at radius 3 is 3.04 bits per heavy atom. The molecule has 0 aliphatic carbocycles. The van der Waals surface area contributed by atoms with Crippen molar-refractivity contribution < 1.29 is 4.74 Å². The normalized spacial score (nSPS) is 14.2. The highest BCUT2D eigenvalue weighted by Crippen LogP contribution is 2.19. The third kappa shape index (κ3) is 3.19. The molecule has 1 N–H and O–H groups in total. The molecule has 0 fully saturated rings. The molecule has 0 radical (unpaired) electrons. The second-order valence-corrected chi connectivity index (χ2v) is 5.88. The SMILES string of the molecule is c1ccc(OCCn2ccnc2-c2cc3n(n2)CCCNC3)cc1. The van der Waals surface area contributed by atoms with Crippen LogP contribution in [-0.2, 0) is 19.6 Å². The lowest BCUT2D eigenvalue weighted by Crippen LogP contribution is -2.11. The number of nitrogens with zero attached hydrogens (tertiary/aromatic N) is 4. The van der Waals surface area contributed by atoms with Crippen LogP contribution >= 0.6 is 0 Å². The Labute approximate surface area is 141 Å². The van der Waals surface area contributed by atoms with E-state index in [2.05, 4.69) is 25.6 Å². The first kappa shape index (κ1) is 15.0. The molecule has 4 rings (SSSR count). The molecule has 0 atom stereocenters. The van der Waals surface area contributed by atoms with Gasteiger partial charge in [-0.25, -0.2) is 4.98 Å². The van der Waals surface area contributed by atoms with E-state index < -0.39 is 0 Å². The number of ether oxygens (including phenoxy) is 1. The summed E-state index contributed by atoms with van der Waals surface area (Å²) in [5.74, 6) is 1.78. The van der Waals surface area contributed by atoms with Crippen molar-refractivity contribution >= 4 is 0 Å². The second kappa shape index (κ2) is 6.88. The first-order chi connectivity index (χ1) is 11.9. The smallest absolute Gasteiger partial charge is 0.160 e. The number of aromatic nitrogens is 4. The summed E-state index contributed by atoms with van der Waals surface area (Å²) in [5.41, 5.74) is 2.15. The van der Waals surface area contributed by atoms with Crippen LogP contribution in [0.4, 0.5) is 0 Å². The summed E-state index contributed by atoms with van der Waals surface area (Å²) >= 11 is 0. The van der Waals surface area contributed by atoms with Gasteiger partial charge >= 0.3 is 0 Å². The van der Waals surface area contributed by atoms with Crippen molar-refractivity contribution in [1.82, 2.24) is 24.6 Å². The van der Waals surface area contributed by atoms with E-state index >= 15 is 0 Å². The Hall–Kier alpha value is -2.60. The van der Waals surface area contributed by atoms with Crippen molar-refractivity contribution in [3.8, 4) is 17.3 Å². The van der Waals surface area contributed by atoms with Gasteiger partial charge in [0.1, 0.15) is 18.1 Å². The van der Waals surface area contributed by atoms with Crippen LogP contribution in [0.15, 0.2) is 48.8 Å². The molecule has 0 bridgehead atoms. The molecule has 6 nitrogen and oxygen atoms in total. The number of benzene rings is 1. The van der Waals surface area contributed by atoms with Gasteiger partial charge in [-0.15, -0.1) is 0 Å². The van der Waals surface area contributed by atoms with E-state index in [0.717, 1.165) is 49.9 Å². The second-order valence-electron chi connectivity index (χ2n) is 5.88. The Morgan fingerprint density at radius 1 is 1.21 bits per heavy atom. The maximum Gasteiger partial charge on any atom is 0.160 e. The van der Waals surface area contributed by atoms with Gasteiger partial charge in [0, 0.05) is 25.5 Å². The first-order valence-electron chi connectivity index (χ1n) is 8.37. The molecule has 3 heterocycles. The van der Waals surface area contributed by atoms with E-state index in [1.165, 1.54) is 5.69 Å². The van der Waals surface area contributed by atoms with Crippen LogP contribution in [0.2, 0.25) is 0 Å². The molecule has 1 aromatic carbocycles. The largest absolute Gasteiger partial charge is 0.492 e. The summed E-state index contributed by atoms with van der Waals surface area (Å²) in [6.07, 6.45) is 4.90. The van der Waals surface area contributed by atoms with Crippen LogP contribution in [-0.4, -0.2) is 32.5 Å². The highest BCUT2D eigenvalue weighted by molar-refractivity contribution is 5.50. The number of hydrogen-bond acceptors (Lipinski definition) is 4. The molecule has 1 aliphatic rings. The highest BCUT2D eigenvalue weighted by Gasteiger charge is 2.15. The Morgan fingerprint density at radius 2 is 2.12 bits per heavy atom. The lowest BCUT2D eigenvalue weighted by molar-refractivity contribution is 0.299. The molecule has 124 valence electrons. The van der Waals surface area contributed by atoms with Crippen LogP contribution < -0.4 is 10.1 Å². The maximum atomic E-state index is 5.78. The van der Waals surface area contributed by atoms with Gasteiger partial charge in [0.25, 0.3) is 0 Å². The summed E-state index contributed by atoms with van der Waals surface area (Å²) in [4.78, 5) is 4.49. The lowest BCUT2D eigenvalue weighted by Gasteiger charge is -2.08. The molecular weight excluding hydrogens is 302 g/mol. The molecular formula is C18H21N5O. The quantitative estimate of drug-likeness (QED) is 0.783. The predicted molar refractivity (Wildman–Crippen MR) is 91.7 cm³/mol. The number of imidazole rings is 1. The zero-order chi connectivity index (χ0) is 16.2. The highest BCUT2D eigenvalue weighted by atomic mass is 16.5. The van der Waals surface area contributed by atoms with E-state index in [0.29, 0.717) is 6.61 Å². The van der Waals surface area contributed by atoms with Gasteiger partial charge in [-0.05, 0) is 31.2 Å². The minimum Gasteiger partial charge on any atom is -0.492 e. The Kier molecular flexibility index (Phi) is 4.29. The van der Waals surface area contributed by atoms with E-state index in [4.69, 9.17) is 9.84 Å². The third-order valence-electron chi connectivity index (χ3n) is 4.18. The van der Waals surface area contributed by atoms with Gasteiger partial charge in [-0.3, -0.25) is 4.68 Å². The summed E-state index contributed by atoms with van der Waals surface area (Å²) in [6, 6.07) is 12.0. The van der Waals surface area contributed by atoms with Gasteiger partial charge in [-0.2, -0.15) is 5.10 Å². The van der Waals surface area contributed by atoms with Gasteiger partial charge in [0.2, 0.25) is 0 Å². The minimum absolute atomic E-state index is 0.600. The Balaban J connectivity index is 1.46. The van der Waals surface area contributed by atoms with Gasteiger partial charge in [0.15, 0.2) is 5.82 Å². The molecule has 0 unspecified atom stereocenters. The summed E-state index contributed by atoms with van der Waals surface area (Å²) in [5, 5.41) is 8.15. The van der Waals surface area contributed by atoms with Crippen LogP contribution in [0.1, 0.15) is 12.1 Å². The van der Waals surface area contributed by atoms with Crippen LogP contribution in [0, 0.1) is 0 Å². The van der Waals surface area contributed by atoms with Crippen molar-refractivity contribution in [1.29, 1.82) is 0 Å². The number of para-hydroxylation sites is 1. The maximum absolute atomic E-state index is 5.78. The van der Waals surface area contributed by atoms with Crippen molar-refractivity contribution in [2.75, 3.05) is 13.2 Å². The van der Waals surface area contributed by atoms with E-state index in [1.54, 1.807) is 0 Å². The van der Waals surface area contributed by atoms with E-state index in [1.807, 2.05) is 42.7 Å². The average molecular weight is 323 g/mol. The van der Waals surface area contributed by atoms with Crippen LogP contribution in [0.25, 0.3) is 11.5 Å². The predicted octanol–water partition coefficient (Wildman–Crippen LogP) is 2.32. The molecule has 1 aliphatic heterocycles. The van der Waals surface area contributed by atoms with Crippen LogP contribution in [0.5, 0.6) is 5.75 Å². The number of rotatable bonds is 5. The minimum atomic E-state index is 0.600. The van der Waals surface area contributed by atoms with Gasteiger partial charge in [-0.1, -0.05) is 18.2 Å². The fourth-order valence-electron chi connectivity index (χ4n) is 2.97. The fourth-order valence-corrected chi connectivity index (χ4v) is 2.97. The zero-order valence-corrected chi connectivity index (χ0v) is 13.6. The topological polar surface area (TPSA) is 56.9 Å². The van der Waals surface area contributed by atoms with E-state index in [-0.39, 0.29) is 0 Å². The molecule has 3 aromatic rings. The molecule has 0 amide bonds. The fraction of sp³-hybridized carbons (Fsp3) is 0.333. The summed E-state index contributed by atoms with van der Waals surface area (Å²) in [6.45, 7) is 4.21. The monoisotopic (exact) mass is 323 g/mol. The average Bonchev–Trinajstić information content (AvgIpc) is 3.17. The van der Waals surface area contributed by atoms with E-state index in [9.17, 15) is 0 Å². The molecule has 6 heteroatoms. The molecule has 0 saturated carbocycles. The number of aryl methyl sites for hydroxylation is 1. The zero-order valence-electron chi connectivity index (χ0n) is 13.6. The van der Waals surface area contributed by atoms with Crippen molar-refractivity contribution in [2.45, 2.75) is 26.1 Å². The molecule has 24 heavy (non-hydrogen) atoms. The van der Waals surface area contributed by atoms with Crippen molar-refractivity contribution in [3.63, 3.8) is 0 Å². The van der Waals surface area contributed by atoms with Gasteiger partial charge < -0.3 is 14.6 Å². The number of hydrogen-bond donors (Lipinski definition) is 1. The summed E-state index contributed by atoms with van der Waals surface area (Å²) in [7, 11) is 0. The molecule has 0 spiro atoms. The molecule has 0 saturated heterocycles. The van der Waals surface area contributed by atoms with Crippen molar-refractivity contribution in [2.24, 2.45) is 0 Å². The van der Waals surface area contributed by atoms with Crippen molar-refractivity contribution in [3.05, 3.63) is 54.5 Å². The number of nitrogens with one attached hydrogen (secondary N) is 1. The Bertz CT molecular complexity index is 769.